The first kappa shape index (κ1) is 24.3. The summed E-state index contributed by atoms with van der Waals surface area (Å²) in [6.07, 6.45) is 4.54. The molecule has 0 aliphatic rings. The number of aryl methyl sites for hydroxylation is 1. The second-order valence-corrected chi connectivity index (χ2v) is 8.13. The molecule has 1 heterocycles. The van der Waals surface area contributed by atoms with Gasteiger partial charge in [0.2, 0.25) is 0 Å². The third-order valence-corrected chi connectivity index (χ3v) is 5.43. The molecule has 0 saturated carbocycles. The van der Waals surface area contributed by atoms with Gasteiger partial charge in [0.05, 0.1) is 16.8 Å². The van der Waals surface area contributed by atoms with Crippen molar-refractivity contribution in [2.45, 2.75) is 13.5 Å². The third kappa shape index (κ3) is 6.42. The number of ether oxygens (including phenoxy) is 1. The van der Waals surface area contributed by atoms with Crippen molar-refractivity contribution in [3.63, 3.8) is 0 Å². The maximum atomic E-state index is 12.7. The molecule has 0 unspecified atom stereocenters. The molecule has 2 N–H and O–H groups in total. The lowest BCUT2D eigenvalue weighted by atomic mass is 10.1. The topological polar surface area (TPSA) is 97.4 Å². The lowest BCUT2D eigenvalue weighted by molar-refractivity contribution is -0.142. The van der Waals surface area contributed by atoms with Crippen molar-refractivity contribution in [3.05, 3.63) is 113 Å². The van der Waals surface area contributed by atoms with Gasteiger partial charge in [-0.3, -0.25) is 14.6 Å². The summed E-state index contributed by atoms with van der Waals surface area (Å²) in [4.78, 5) is 41.6. The predicted molar refractivity (Wildman–Crippen MR) is 139 cm³/mol. The molecule has 180 valence electrons. The number of para-hydroxylation sites is 2. The fourth-order valence-corrected chi connectivity index (χ4v) is 3.56. The van der Waals surface area contributed by atoms with E-state index < -0.39 is 18.5 Å². The Labute approximate surface area is 208 Å². The fourth-order valence-electron chi connectivity index (χ4n) is 3.56. The minimum absolute atomic E-state index is 0.313. The minimum atomic E-state index is -0.665. The van der Waals surface area contributed by atoms with Crippen LogP contribution in [0.1, 0.15) is 27.0 Å². The molecule has 0 fully saturated rings. The molecule has 4 aromatic rings. The van der Waals surface area contributed by atoms with Crippen LogP contribution < -0.4 is 10.6 Å². The maximum absolute atomic E-state index is 12.7. The van der Waals surface area contributed by atoms with Gasteiger partial charge in [-0.1, -0.05) is 66.2 Å². The summed E-state index contributed by atoms with van der Waals surface area (Å²) in [7, 11) is 0. The highest BCUT2D eigenvalue weighted by Gasteiger charge is 2.14. The first-order valence-electron chi connectivity index (χ1n) is 11.4. The van der Waals surface area contributed by atoms with Gasteiger partial charge in [0, 0.05) is 29.8 Å². The van der Waals surface area contributed by atoms with E-state index in [4.69, 9.17) is 4.74 Å². The van der Waals surface area contributed by atoms with E-state index in [9.17, 15) is 14.4 Å². The lowest BCUT2D eigenvalue weighted by Gasteiger charge is -2.11. The lowest BCUT2D eigenvalue weighted by Crippen LogP contribution is -2.26. The predicted octanol–water partition coefficient (Wildman–Crippen LogP) is 4.67. The Kier molecular flexibility index (Phi) is 7.83. The zero-order valence-electron chi connectivity index (χ0n) is 19.7. The average Bonchev–Trinajstić information content (AvgIpc) is 2.90. The monoisotopic (exact) mass is 479 g/mol. The van der Waals surface area contributed by atoms with Gasteiger partial charge in [0.15, 0.2) is 6.61 Å². The molecule has 0 aliphatic carbocycles. The fraction of sp³-hybridized carbons (Fsp3) is 0.103. The molecule has 0 atom stereocenters. The smallest absolute Gasteiger partial charge is 0.331 e. The maximum Gasteiger partial charge on any atom is 0.331 e. The number of hydrogen-bond donors (Lipinski definition) is 2. The molecule has 1 aromatic heterocycles. The van der Waals surface area contributed by atoms with E-state index in [1.165, 1.54) is 6.08 Å². The summed E-state index contributed by atoms with van der Waals surface area (Å²) in [5.41, 5.74) is 4.28. The van der Waals surface area contributed by atoms with Crippen LogP contribution in [-0.4, -0.2) is 29.4 Å². The highest BCUT2D eigenvalue weighted by molar-refractivity contribution is 6.04. The Bertz CT molecular complexity index is 1420. The summed E-state index contributed by atoms with van der Waals surface area (Å²) in [5.74, 6) is -1.54. The molecule has 4 rings (SSSR count). The van der Waals surface area contributed by atoms with Crippen LogP contribution in [0, 0.1) is 6.92 Å². The largest absolute Gasteiger partial charge is 0.452 e. The van der Waals surface area contributed by atoms with Crippen LogP contribution in [0.25, 0.3) is 17.0 Å². The van der Waals surface area contributed by atoms with Crippen molar-refractivity contribution in [1.29, 1.82) is 0 Å². The Morgan fingerprint density at radius 3 is 2.53 bits per heavy atom. The number of esters is 1. The first-order chi connectivity index (χ1) is 17.5. The van der Waals surface area contributed by atoms with Crippen LogP contribution in [0.5, 0.6) is 0 Å². The molecule has 0 spiro atoms. The Hall–Kier alpha value is -4.78. The molecule has 36 heavy (non-hydrogen) atoms. The van der Waals surface area contributed by atoms with Crippen LogP contribution >= 0.6 is 0 Å². The molecule has 3 aromatic carbocycles. The summed E-state index contributed by atoms with van der Waals surface area (Å²) in [6.45, 7) is 1.87. The number of rotatable bonds is 8. The van der Waals surface area contributed by atoms with Crippen molar-refractivity contribution < 1.29 is 19.1 Å². The molecule has 0 aliphatic heterocycles. The van der Waals surface area contributed by atoms with E-state index in [-0.39, 0.29) is 5.91 Å². The molecule has 0 saturated heterocycles. The van der Waals surface area contributed by atoms with Gasteiger partial charge in [-0.15, -0.1) is 0 Å². The van der Waals surface area contributed by atoms with Crippen LogP contribution in [0.15, 0.2) is 91.1 Å². The molecular weight excluding hydrogens is 454 g/mol. The van der Waals surface area contributed by atoms with E-state index in [2.05, 4.69) is 15.6 Å². The van der Waals surface area contributed by atoms with Crippen molar-refractivity contribution in [2.75, 3.05) is 11.9 Å². The highest BCUT2D eigenvalue weighted by atomic mass is 16.5. The number of fused-ring (bicyclic) bond motifs is 1. The first-order valence-corrected chi connectivity index (χ1v) is 11.4. The van der Waals surface area contributed by atoms with Gasteiger partial charge >= 0.3 is 5.97 Å². The van der Waals surface area contributed by atoms with Crippen molar-refractivity contribution >= 4 is 40.4 Å². The number of aromatic nitrogens is 1. The standard InChI is InChI=1S/C29H25N3O4/c1-20-11-13-21(14-12-20)18-31-29(35)24-9-2-3-10-25(24)32-26(33)19-36-27(34)16-15-23-7-4-6-22-8-5-17-30-28(22)23/h2-17H,18-19H2,1H3,(H,31,35)(H,32,33)/b16-15+. The minimum Gasteiger partial charge on any atom is -0.452 e. The Morgan fingerprint density at radius 1 is 0.917 bits per heavy atom. The van der Waals surface area contributed by atoms with E-state index in [1.54, 1.807) is 36.5 Å². The van der Waals surface area contributed by atoms with E-state index in [0.717, 1.165) is 27.6 Å². The number of nitrogens with one attached hydrogen (secondary N) is 2. The van der Waals surface area contributed by atoms with Gasteiger partial charge < -0.3 is 15.4 Å². The van der Waals surface area contributed by atoms with Crippen LogP contribution in [0.3, 0.4) is 0 Å². The van der Waals surface area contributed by atoms with Crippen LogP contribution in [0.2, 0.25) is 0 Å². The zero-order valence-corrected chi connectivity index (χ0v) is 19.7. The number of anilines is 1. The second-order valence-electron chi connectivity index (χ2n) is 8.13. The summed E-state index contributed by atoms with van der Waals surface area (Å²) in [5, 5.41) is 6.45. The summed E-state index contributed by atoms with van der Waals surface area (Å²) in [6, 6.07) is 23.9. The Morgan fingerprint density at radius 2 is 1.69 bits per heavy atom. The van der Waals surface area contributed by atoms with Gasteiger partial charge in [-0.2, -0.15) is 0 Å². The molecule has 7 nitrogen and oxygen atoms in total. The average molecular weight is 480 g/mol. The van der Waals surface area contributed by atoms with Crippen molar-refractivity contribution in [2.24, 2.45) is 0 Å². The third-order valence-electron chi connectivity index (χ3n) is 5.43. The van der Waals surface area contributed by atoms with Gasteiger partial charge in [0.25, 0.3) is 11.8 Å². The number of amides is 2. The van der Waals surface area contributed by atoms with Gasteiger partial charge in [0.1, 0.15) is 0 Å². The molecular formula is C29H25N3O4. The van der Waals surface area contributed by atoms with Crippen molar-refractivity contribution in [3.8, 4) is 0 Å². The normalized spacial score (nSPS) is 10.8. The number of nitrogens with zero attached hydrogens (tertiary/aromatic N) is 1. The molecule has 2 amide bonds. The van der Waals surface area contributed by atoms with Crippen LogP contribution in [0.4, 0.5) is 5.69 Å². The number of carbonyl (C=O) groups is 3. The molecule has 0 bridgehead atoms. The molecule has 0 radical (unpaired) electrons. The van der Waals surface area contributed by atoms with E-state index in [0.29, 0.717) is 17.8 Å². The Balaban J connectivity index is 1.31. The summed E-state index contributed by atoms with van der Waals surface area (Å²) >= 11 is 0. The van der Waals surface area contributed by atoms with E-state index in [1.807, 2.05) is 61.5 Å². The van der Waals surface area contributed by atoms with Gasteiger partial charge in [-0.25, -0.2) is 4.79 Å². The SMILES string of the molecule is Cc1ccc(CNC(=O)c2ccccc2NC(=O)COC(=O)/C=C/c2cccc3cccnc23)cc1. The van der Waals surface area contributed by atoms with Crippen LogP contribution in [-0.2, 0) is 20.9 Å². The highest BCUT2D eigenvalue weighted by Crippen LogP contribution is 2.17. The zero-order chi connectivity index (χ0) is 25.3. The number of hydrogen-bond acceptors (Lipinski definition) is 5. The quantitative estimate of drug-likeness (QED) is 0.283. The van der Waals surface area contributed by atoms with E-state index >= 15 is 0 Å². The van der Waals surface area contributed by atoms with Crippen molar-refractivity contribution in [1.82, 2.24) is 10.3 Å². The number of pyridine rings is 1. The second kappa shape index (κ2) is 11.6. The van der Waals surface area contributed by atoms with Gasteiger partial charge in [-0.05, 0) is 36.8 Å². The molecule has 7 heteroatoms. The number of carbonyl (C=O) groups excluding carboxylic acids is 3. The summed E-state index contributed by atoms with van der Waals surface area (Å²) < 4.78 is 5.07. The number of benzene rings is 3.